The number of aliphatic hydroxyl groups is 1. The van der Waals surface area contributed by atoms with Crippen molar-refractivity contribution >= 4 is 23.2 Å². The van der Waals surface area contributed by atoms with Crippen LogP contribution in [0.2, 0.25) is 5.02 Å². The third-order valence-electron chi connectivity index (χ3n) is 2.77. The molecule has 1 atom stereocenters. The zero-order valence-electron chi connectivity index (χ0n) is 10.4. The summed E-state index contributed by atoms with van der Waals surface area (Å²) in [5, 5.41) is 12.6. The summed E-state index contributed by atoms with van der Waals surface area (Å²) < 4.78 is 0. The number of carbonyl (C=O) groups excluding carboxylic acids is 1. The number of nitrogens with one attached hydrogen (secondary N) is 1. The summed E-state index contributed by atoms with van der Waals surface area (Å²) in [6, 6.07) is 13.9. The normalized spacial score (nSPS) is 11.9. The molecular weight excluding hydrogens is 262 g/mol. The van der Waals surface area contributed by atoms with Crippen LogP contribution in [0.15, 0.2) is 48.5 Å². The summed E-state index contributed by atoms with van der Waals surface area (Å²) in [4.78, 5) is 12.0. The Bertz CT molecular complexity index is 579. The van der Waals surface area contributed by atoms with E-state index in [4.69, 9.17) is 11.6 Å². The van der Waals surface area contributed by atoms with Gasteiger partial charge in [-0.1, -0.05) is 35.9 Å². The van der Waals surface area contributed by atoms with Crippen molar-refractivity contribution in [3.05, 3.63) is 64.7 Å². The SMILES string of the molecule is C[C@@H](O)c1ccc(NC(=O)c2ccccc2Cl)cc1. The van der Waals surface area contributed by atoms with Gasteiger partial charge in [0.1, 0.15) is 0 Å². The smallest absolute Gasteiger partial charge is 0.257 e. The second kappa shape index (κ2) is 5.87. The third kappa shape index (κ3) is 3.34. The highest BCUT2D eigenvalue weighted by Crippen LogP contribution is 2.19. The summed E-state index contributed by atoms with van der Waals surface area (Å²) in [7, 11) is 0. The minimum absolute atomic E-state index is 0.254. The lowest BCUT2D eigenvalue weighted by Crippen LogP contribution is -2.12. The minimum atomic E-state index is -0.520. The second-order valence-electron chi connectivity index (χ2n) is 4.23. The van der Waals surface area contributed by atoms with E-state index in [2.05, 4.69) is 5.32 Å². The van der Waals surface area contributed by atoms with Gasteiger partial charge in [0.05, 0.1) is 16.7 Å². The van der Waals surface area contributed by atoms with Gasteiger partial charge in [-0.15, -0.1) is 0 Å². The topological polar surface area (TPSA) is 49.3 Å². The summed E-state index contributed by atoms with van der Waals surface area (Å²) in [5.41, 5.74) is 1.90. The molecule has 98 valence electrons. The predicted molar refractivity (Wildman–Crippen MR) is 76.5 cm³/mol. The van der Waals surface area contributed by atoms with Gasteiger partial charge in [-0.25, -0.2) is 0 Å². The molecule has 4 heteroatoms. The summed E-state index contributed by atoms with van der Waals surface area (Å²) >= 11 is 5.96. The van der Waals surface area contributed by atoms with E-state index in [0.717, 1.165) is 5.56 Å². The van der Waals surface area contributed by atoms with E-state index >= 15 is 0 Å². The number of anilines is 1. The van der Waals surface area contributed by atoms with Gasteiger partial charge in [-0.05, 0) is 36.8 Å². The summed E-state index contributed by atoms with van der Waals surface area (Å²) in [6.07, 6.45) is -0.520. The molecule has 0 spiro atoms. The van der Waals surface area contributed by atoms with Crippen molar-refractivity contribution < 1.29 is 9.90 Å². The summed E-state index contributed by atoms with van der Waals surface area (Å²) in [6.45, 7) is 1.69. The first-order valence-corrected chi connectivity index (χ1v) is 6.29. The van der Waals surface area contributed by atoms with Crippen LogP contribution in [0.25, 0.3) is 0 Å². The number of carbonyl (C=O) groups is 1. The van der Waals surface area contributed by atoms with Gasteiger partial charge in [0.15, 0.2) is 0 Å². The highest BCUT2D eigenvalue weighted by molar-refractivity contribution is 6.34. The fraction of sp³-hybridized carbons (Fsp3) is 0.133. The molecule has 0 aromatic heterocycles. The first kappa shape index (κ1) is 13.6. The van der Waals surface area contributed by atoms with Gasteiger partial charge < -0.3 is 10.4 Å². The van der Waals surface area contributed by atoms with E-state index in [9.17, 15) is 9.90 Å². The fourth-order valence-corrected chi connectivity index (χ4v) is 1.91. The Hall–Kier alpha value is -1.84. The number of halogens is 1. The van der Waals surface area contributed by atoms with Gasteiger partial charge in [0.2, 0.25) is 0 Å². The highest BCUT2D eigenvalue weighted by atomic mass is 35.5. The van der Waals surface area contributed by atoms with E-state index in [1.165, 1.54) is 0 Å². The predicted octanol–water partition coefficient (Wildman–Crippen LogP) is 3.65. The van der Waals surface area contributed by atoms with Gasteiger partial charge in [0, 0.05) is 5.69 Å². The zero-order valence-corrected chi connectivity index (χ0v) is 11.2. The molecule has 0 saturated carbocycles. The van der Waals surface area contributed by atoms with Crippen LogP contribution >= 0.6 is 11.6 Å². The van der Waals surface area contributed by atoms with E-state index in [1.54, 1.807) is 55.5 Å². The maximum absolute atomic E-state index is 12.0. The van der Waals surface area contributed by atoms with E-state index in [0.29, 0.717) is 16.3 Å². The van der Waals surface area contributed by atoms with E-state index in [1.807, 2.05) is 0 Å². The minimum Gasteiger partial charge on any atom is -0.389 e. The van der Waals surface area contributed by atoms with Crippen LogP contribution in [0.3, 0.4) is 0 Å². The lowest BCUT2D eigenvalue weighted by atomic mass is 10.1. The number of rotatable bonds is 3. The fourth-order valence-electron chi connectivity index (χ4n) is 1.69. The van der Waals surface area contributed by atoms with Crippen LogP contribution in [0.5, 0.6) is 0 Å². The first-order chi connectivity index (χ1) is 9.08. The zero-order chi connectivity index (χ0) is 13.8. The van der Waals surface area contributed by atoms with Crippen LogP contribution in [0.4, 0.5) is 5.69 Å². The average Bonchev–Trinajstić information content (AvgIpc) is 2.39. The Morgan fingerprint density at radius 3 is 2.37 bits per heavy atom. The van der Waals surface area contributed by atoms with Crippen molar-refractivity contribution in [2.24, 2.45) is 0 Å². The lowest BCUT2D eigenvalue weighted by Gasteiger charge is -2.08. The van der Waals surface area contributed by atoms with Gasteiger partial charge in [-0.2, -0.15) is 0 Å². The van der Waals surface area contributed by atoms with Crippen molar-refractivity contribution in [3.63, 3.8) is 0 Å². The Morgan fingerprint density at radius 2 is 1.79 bits per heavy atom. The van der Waals surface area contributed by atoms with Crippen LogP contribution < -0.4 is 5.32 Å². The number of amides is 1. The second-order valence-corrected chi connectivity index (χ2v) is 4.64. The molecule has 2 aromatic carbocycles. The van der Waals surface area contributed by atoms with Crippen LogP contribution in [-0.4, -0.2) is 11.0 Å². The Labute approximate surface area is 116 Å². The quantitative estimate of drug-likeness (QED) is 0.898. The molecule has 0 bridgehead atoms. The molecular formula is C15H14ClNO2. The maximum atomic E-state index is 12.0. The van der Waals surface area contributed by atoms with Crippen LogP contribution in [0.1, 0.15) is 28.9 Å². The molecule has 2 aromatic rings. The Kier molecular flexibility index (Phi) is 4.20. The monoisotopic (exact) mass is 275 g/mol. The lowest BCUT2D eigenvalue weighted by molar-refractivity contribution is 0.102. The molecule has 0 saturated heterocycles. The standard InChI is InChI=1S/C15H14ClNO2/c1-10(18)11-6-8-12(9-7-11)17-15(19)13-4-2-3-5-14(13)16/h2-10,18H,1H3,(H,17,19)/t10-/m1/s1. The molecule has 0 aliphatic carbocycles. The van der Waals surface area contributed by atoms with Crippen LogP contribution in [0, 0.1) is 0 Å². The first-order valence-electron chi connectivity index (χ1n) is 5.92. The molecule has 3 nitrogen and oxygen atoms in total. The van der Waals surface area contributed by atoms with E-state index in [-0.39, 0.29) is 5.91 Å². The van der Waals surface area contributed by atoms with Gasteiger partial charge in [-0.3, -0.25) is 4.79 Å². The van der Waals surface area contributed by atoms with Gasteiger partial charge in [0.25, 0.3) is 5.91 Å². The summed E-state index contributed by atoms with van der Waals surface area (Å²) in [5.74, 6) is -0.254. The van der Waals surface area contributed by atoms with Crippen molar-refractivity contribution in [1.82, 2.24) is 0 Å². The van der Waals surface area contributed by atoms with E-state index < -0.39 is 6.10 Å². The molecule has 19 heavy (non-hydrogen) atoms. The number of hydrogen-bond donors (Lipinski definition) is 2. The molecule has 0 radical (unpaired) electrons. The molecule has 0 heterocycles. The molecule has 2 N–H and O–H groups in total. The molecule has 2 rings (SSSR count). The molecule has 1 amide bonds. The Balaban J connectivity index is 2.13. The molecule has 0 fully saturated rings. The van der Waals surface area contributed by atoms with Crippen LogP contribution in [-0.2, 0) is 0 Å². The molecule has 0 unspecified atom stereocenters. The van der Waals surface area contributed by atoms with Crippen molar-refractivity contribution in [3.8, 4) is 0 Å². The third-order valence-corrected chi connectivity index (χ3v) is 3.10. The van der Waals surface area contributed by atoms with Gasteiger partial charge >= 0.3 is 0 Å². The van der Waals surface area contributed by atoms with Crippen molar-refractivity contribution in [1.29, 1.82) is 0 Å². The number of benzene rings is 2. The molecule has 0 aliphatic rings. The van der Waals surface area contributed by atoms with Crippen molar-refractivity contribution in [2.45, 2.75) is 13.0 Å². The van der Waals surface area contributed by atoms with Crippen molar-refractivity contribution in [2.75, 3.05) is 5.32 Å². The average molecular weight is 276 g/mol. The molecule has 0 aliphatic heterocycles. The Morgan fingerprint density at radius 1 is 1.16 bits per heavy atom. The highest BCUT2D eigenvalue weighted by Gasteiger charge is 2.09. The number of aliphatic hydroxyl groups excluding tert-OH is 1. The largest absolute Gasteiger partial charge is 0.389 e. The number of hydrogen-bond acceptors (Lipinski definition) is 2. The maximum Gasteiger partial charge on any atom is 0.257 e.